The average molecular weight is 348 g/mol. The number of hydrogen-bond acceptors (Lipinski definition) is 2. The number of rotatable bonds is 4. The summed E-state index contributed by atoms with van der Waals surface area (Å²) in [6.45, 7) is 1.36. The molecule has 3 aromatic rings. The molecule has 0 saturated carbocycles. The number of nitrogens with one attached hydrogen (secondary N) is 2. The lowest BCUT2D eigenvalue weighted by Crippen LogP contribution is -2.13. The van der Waals surface area contributed by atoms with Crippen molar-refractivity contribution < 1.29 is 14.0 Å². The Labute approximate surface area is 150 Å². The minimum absolute atomic E-state index is 0.00776. The Morgan fingerprint density at radius 3 is 2.12 bits per heavy atom. The highest BCUT2D eigenvalue weighted by molar-refractivity contribution is 6.05. The molecule has 0 unspecified atom stereocenters. The second kappa shape index (κ2) is 7.61. The number of carbonyl (C=O) groups is 2. The first kappa shape index (κ1) is 17.4. The molecule has 0 aliphatic carbocycles. The molecule has 3 rings (SSSR count). The zero-order valence-corrected chi connectivity index (χ0v) is 14.1. The van der Waals surface area contributed by atoms with Crippen LogP contribution in [0, 0.1) is 5.82 Å². The standard InChI is InChI=1S/C21H17FN2O2/c1-14(25)23-18-11-12-19(22)20(13-18)24-21(26)17-9-7-16(8-10-17)15-5-3-2-4-6-15/h2-13H,1H3,(H,23,25)(H,24,26). The predicted octanol–water partition coefficient (Wildman–Crippen LogP) is 4.70. The summed E-state index contributed by atoms with van der Waals surface area (Å²) in [5.74, 6) is -1.28. The molecule has 0 saturated heterocycles. The molecule has 0 aromatic heterocycles. The van der Waals surface area contributed by atoms with Crippen molar-refractivity contribution in [1.29, 1.82) is 0 Å². The first-order valence-electron chi connectivity index (χ1n) is 8.07. The lowest BCUT2D eigenvalue weighted by atomic mass is 10.0. The molecule has 2 amide bonds. The summed E-state index contributed by atoms with van der Waals surface area (Å²) in [4.78, 5) is 23.5. The summed E-state index contributed by atoms with van der Waals surface area (Å²) in [5.41, 5.74) is 2.87. The van der Waals surface area contributed by atoms with Gasteiger partial charge in [-0.05, 0) is 41.5 Å². The number of amides is 2. The van der Waals surface area contributed by atoms with Crippen LogP contribution >= 0.6 is 0 Å². The summed E-state index contributed by atoms with van der Waals surface area (Å²) < 4.78 is 13.9. The fourth-order valence-electron chi connectivity index (χ4n) is 2.54. The molecular formula is C21H17FN2O2. The Bertz CT molecular complexity index is 938. The molecule has 0 radical (unpaired) electrons. The van der Waals surface area contributed by atoms with Gasteiger partial charge in [-0.25, -0.2) is 4.39 Å². The molecule has 4 nitrogen and oxygen atoms in total. The third-order valence-electron chi connectivity index (χ3n) is 3.79. The van der Waals surface area contributed by atoms with Crippen molar-refractivity contribution in [3.05, 3.63) is 84.2 Å². The van der Waals surface area contributed by atoms with Crippen LogP contribution in [-0.2, 0) is 4.79 Å². The van der Waals surface area contributed by atoms with Gasteiger partial charge in [0.25, 0.3) is 5.91 Å². The van der Waals surface area contributed by atoms with Gasteiger partial charge in [0, 0.05) is 18.2 Å². The highest BCUT2D eigenvalue weighted by Crippen LogP contribution is 2.22. The third-order valence-corrected chi connectivity index (χ3v) is 3.79. The zero-order chi connectivity index (χ0) is 18.5. The molecule has 0 heterocycles. The SMILES string of the molecule is CC(=O)Nc1ccc(F)c(NC(=O)c2ccc(-c3ccccc3)cc2)c1. The van der Waals surface area contributed by atoms with Gasteiger partial charge in [0.1, 0.15) is 5.82 Å². The van der Waals surface area contributed by atoms with Gasteiger partial charge in [-0.1, -0.05) is 42.5 Å². The Balaban J connectivity index is 1.77. The van der Waals surface area contributed by atoms with Crippen LogP contribution in [-0.4, -0.2) is 11.8 Å². The molecule has 130 valence electrons. The van der Waals surface area contributed by atoms with Crippen molar-refractivity contribution in [2.45, 2.75) is 6.92 Å². The topological polar surface area (TPSA) is 58.2 Å². The van der Waals surface area contributed by atoms with Gasteiger partial charge in [-0.3, -0.25) is 9.59 Å². The van der Waals surface area contributed by atoms with E-state index < -0.39 is 11.7 Å². The van der Waals surface area contributed by atoms with Crippen LogP contribution in [0.2, 0.25) is 0 Å². The maximum atomic E-state index is 13.9. The number of halogens is 1. The molecule has 26 heavy (non-hydrogen) atoms. The maximum Gasteiger partial charge on any atom is 0.255 e. The smallest absolute Gasteiger partial charge is 0.255 e. The summed E-state index contributed by atoms with van der Waals surface area (Å²) >= 11 is 0. The number of anilines is 2. The molecule has 0 aliphatic heterocycles. The van der Waals surface area contributed by atoms with E-state index in [9.17, 15) is 14.0 Å². The second-order valence-electron chi connectivity index (χ2n) is 5.77. The Morgan fingerprint density at radius 2 is 1.46 bits per heavy atom. The molecule has 5 heteroatoms. The van der Waals surface area contributed by atoms with Crippen molar-refractivity contribution in [2.75, 3.05) is 10.6 Å². The van der Waals surface area contributed by atoms with Crippen LogP contribution in [0.5, 0.6) is 0 Å². The highest BCUT2D eigenvalue weighted by atomic mass is 19.1. The van der Waals surface area contributed by atoms with E-state index in [-0.39, 0.29) is 11.6 Å². The summed E-state index contributed by atoms with van der Waals surface area (Å²) in [7, 11) is 0. The molecule has 3 aromatic carbocycles. The first-order chi connectivity index (χ1) is 12.5. The van der Waals surface area contributed by atoms with E-state index in [0.717, 1.165) is 11.1 Å². The first-order valence-corrected chi connectivity index (χ1v) is 8.07. The van der Waals surface area contributed by atoms with Gasteiger partial charge < -0.3 is 10.6 Å². The largest absolute Gasteiger partial charge is 0.326 e. The Kier molecular flexibility index (Phi) is 5.08. The van der Waals surface area contributed by atoms with Crippen molar-refractivity contribution in [2.24, 2.45) is 0 Å². The van der Waals surface area contributed by atoms with Crippen LogP contribution in [0.25, 0.3) is 11.1 Å². The van der Waals surface area contributed by atoms with Gasteiger partial charge in [0.15, 0.2) is 0 Å². The predicted molar refractivity (Wildman–Crippen MR) is 101 cm³/mol. The number of carbonyl (C=O) groups excluding carboxylic acids is 2. The molecule has 0 fully saturated rings. The summed E-state index contributed by atoms with van der Waals surface area (Å²) in [6, 6.07) is 20.9. The summed E-state index contributed by atoms with van der Waals surface area (Å²) in [6.07, 6.45) is 0. The van der Waals surface area contributed by atoms with E-state index in [4.69, 9.17) is 0 Å². The minimum atomic E-state index is -0.576. The fraction of sp³-hybridized carbons (Fsp3) is 0.0476. The van der Waals surface area contributed by atoms with Crippen LogP contribution < -0.4 is 10.6 Å². The van der Waals surface area contributed by atoms with Gasteiger partial charge in [0.2, 0.25) is 5.91 Å². The zero-order valence-electron chi connectivity index (χ0n) is 14.1. The van der Waals surface area contributed by atoms with Gasteiger partial charge in [0.05, 0.1) is 5.69 Å². The van der Waals surface area contributed by atoms with Crippen LogP contribution in [0.3, 0.4) is 0 Å². The van der Waals surface area contributed by atoms with Crippen molar-refractivity contribution in [1.82, 2.24) is 0 Å². The maximum absolute atomic E-state index is 13.9. The van der Waals surface area contributed by atoms with Crippen molar-refractivity contribution >= 4 is 23.2 Å². The summed E-state index contributed by atoms with van der Waals surface area (Å²) in [5, 5.41) is 5.09. The average Bonchev–Trinajstić information content (AvgIpc) is 2.65. The lowest BCUT2D eigenvalue weighted by molar-refractivity contribution is -0.114. The Hall–Kier alpha value is -3.47. The van der Waals surface area contributed by atoms with E-state index in [1.165, 1.54) is 25.1 Å². The fourth-order valence-corrected chi connectivity index (χ4v) is 2.54. The minimum Gasteiger partial charge on any atom is -0.326 e. The lowest BCUT2D eigenvalue weighted by Gasteiger charge is -2.10. The molecular weight excluding hydrogens is 331 g/mol. The van der Waals surface area contributed by atoms with E-state index in [2.05, 4.69) is 10.6 Å². The van der Waals surface area contributed by atoms with Crippen LogP contribution in [0.4, 0.5) is 15.8 Å². The highest BCUT2D eigenvalue weighted by Gasteiger charge is 2.11. The quantitative estimate of drug-likeness (QED) is 0.718. The molecule has 0 atom stereocenters. The molecule has 0 bridgehead atoms. The number of hydrogen-bond donors (Lipinski definition) is 2. The normalized spacial score (nSPS) is 10.2. The van der Waals surface area contributed by atoms with Gasteiger partial charge in [-0.2, -0.15) is 0 Å². The van der Waals surface area contributed by atoms with E-state index in [1.807, 2.05) is 42.5 Å². The third kappa shape index (κ3) is 4.13. The van der Waals surface area contributed by atoms with Crippen molar-refractivity contribution in [3.8, 4) is 11.1 Å². The Morgan fingerprint density at radius 1 is 0.808 bits per heavy atom. The van der Waals surface area contributed by atoms with E-state index >= 15 is 0 Å². The van der Waals surface area contributed by atoms with E-state index in [1.54, 1.807) is 12.1 Å². The number of benzene rings is 3. The van der Waals surface area contributed by atoms with E-state index in [0.29, 0.717) is 11.3 Å². The molecule has 0 aliphatic rings. The van der Waals surface area contributed by atoms with Gasteiger partial charge in [-0.15, -0.1) is 0 Å². The molecule has 2 N–H and O–H groups in total. The van der Waals surface area contributed by atoms with Crippen LogP contribution in [0.15, 0.2) is 72.8 Å². The monoisotopic (exact) mass is 348 g/mol. The second-order valence-corrected chi connectivity index (χ2v) is 5.77. The van der Waals surface area contributed by atoms with Crippen molar-refractivity contribution in [3.63, 3.8) is 0 Å². The molecule has 0 spiro atoms. The van der Waals surface area contributed by atoms with Gasteiger partial charge >= 0.3 is 0 Å². The van der Waals surface area contributed by atoms with Crippen LogP contribution in [0.1, 0.15) is 17.3 Å².